The third-order valence-corrected chi connectivity index (χ3v) is 4.84. The van der Waals surface area contributed by atoms with Crippen LogP contribution in [-0.2, 0) is 17.9 Å². The quantitative estimate of drug-likeness (QED) is 0.743. The molecular weight excluding hydrogens is 326 g/mol. The van der Waals surface area contributed by atoms with Gasteiger partial charge in [0.15, 0.2) is 0 Å². The molecule has 1 N–H and O–H groups in total. The predicted molar refractivity (Wildman–Crippen MR) is 102 cm³/mol. The predicted octanol–water partition coefficient (Wildman–Crippen LogP) is 2.74. The zero-order valence-corrected chi connectivity index (χ0v) is 14.8. The highest BCUT2D eigenvalue weighted by Crippen LogP contribution is 2.18. The number of pyridine rings is 1. The highest BCUT2D eigenvalue weighted by molar-refractivity contribution is 5.77. The van der Waals surface area contributed by atoms with Gasteiger partial charge in [-0.2, -0.15) is 0 Å². The van der Waals surface area contributed by atoms with E-state index >= 15 is 0 Å². The van der Waals surface area contributed by atoms with Crippen LogP contribution in [0.5, 0.6) is 0 Å². The Morgan fingerprint density at radius 3 is 2.85 bits per heavy atom. The number of amides is 1. The van der Waals surface area contributed by atoms with E-state index in [4.69, 9.17) is 0 Å². The number of fused-ring (bicyclic) bond motifs is 1. The van der Waals surface area contributed by atoms with Crippen LogP contribution >= 0.6 is 0 Å². The largest absolute Gasteiger partial charge is 0.357 e. The number of nitrogens with zero attached hydrogens (tertiary/aromatic N) is 4. The topological polar surface area (TPSA) is 63.1 Å². The Hall–Kier alpha value is -2.89. The van der Waals surface area contributed by atoms with E-state index in [2.05, 4.69) is 26.3 Å². The maximum absolute atomic E-state index is 12.2. The first-order chi connectivity index (χ1) is 12.8. The van der Waals surface area contributed by atoms with Crippen molar-refractivity contribution in [1.29, 1.82) is 0 Å². The molecule has 1 fully saturated rings. The molecule has 6 nitrogen and oxygen atoms in total. The average Bonchev–Trinajstić information content (AvgIpc) is 3.35. The lowest BCUT2D eigenvalue weighted by Gasteiger charge is -2.17. The van der Waals surface area contributed by atoms with Crippen LogP contribution in [0.25, 0.3) is 11.0 Å². The van der Waals surface area contributed by atoms with Gasteiger partial charge in [0.25, 0.3) is 0 Å². The molecule has 0 radical (unpaired) electrons. The third kappa shape index (κ3) is 3.69. The smallest absolute Gasteiger partial charge is 0.222 e. The Bertz CT molecular complexity index is 898. The zero-order valence-electron chi connectivity index (χ0n) is 14.8. The number of anilines is 1. The summed E-state index contributed by atoms with van der Waals surface area (Å²) in [5, 5.41) is 3.01. The minimum Gasteiger partial charge on any atom is -0.357 e. The second kappa shape index (κ2) is 7.56. The maximum Gasteiger partial charge on any atom is 0.222 e. The van der Waals surface area contributed by atoms with Crippen LogP contribution in [0.15, 0.2) is 48.9 Å². The number of aromatic nitrogens is 3. The Kier molecular flexibility index (Phi) is 4.82. The van der Waals surface area contributed by atoms with E-state index in [1.807, 2.05) is 41.1 Å². The number of para-hydroxylation sites is 2. The molecule has 0 saturated carbocycles. The summed E-state index contributed by atoms with van der Waals surface area (Å²) in [5.41, 5.74) is 3.10. The Morgan fingerprint density at radius 2 is 1.96 bits per heavy atom. The monoisotopic (exact) mass is 349 g/mol. The second-order valence-corrected chi connectivity index (χ2v) is 6.67. The van der Waals surface area contributed by atoms with E-state index in [0.717, 1.165) is 35.5 Å². The van der Waals surface area contributed by atoms with Crippen molar-refractivity contribution in [2.24, 2.45) is 0 Å². The summed E-state index contributed by atoms with van der Waals surface area (Å²) < 4.78 is 2.02. The first-order valence-corrected chi connectivity index (χ1v) is 9.16. The molecule has 3 heterocycles. The van der Waals surface area contributed by atoms with E-state index in [0.29, 0.717) is 19.5 Å². The lowest BCUT2D eigenvalue weighted by atomic mass is 10.2. The number of imidazole rings is 1. The summed E-state index contributed by atoms with van der Waals surface area (Å²) >= 11 is 0. The van der Waals surface area contributed by atoms with Gasteiger partial charge in [0, 0.05) is 38.8 Å². The molecule has 2 aromatic heterocycles. The maximum atomic E-state index is 12.2. The number of carbonyl (C=O) groups excluding carboxylic acids is 1. The summed E-state index contributed by atoms with van der Waals surface area (Å²) in [6, 6.07) is 12.0. The summed E-state index contributed by atoms with van der Waals surface area (Å²) in [4.78, 5) is 23.3. The van der Waals surface area contributed by atoms with Gasteiger partial charge in [0.1, 0.15) is 5.82 Å². The number of rotatable bonds is 6. The van der Waals surface area contributed by atoms with Gasteiger partial charge in [-0.05, 0) is 42.7 Å². The van der Waals surface area contributed by atoms with Gasteiger partial charge >= 0.3 is 0 Å². The number of hydrogen-bond acceptors (Lipinski definition) is 4. The van der Waals surface area contributed by atoms with Gasteiger partial charge in [-0.15, -0.1) is 0 Å². The standard InChI is InChI=1S/C20H23N5O/c26-20(8-12-25-15-23-17-5-1-2-6-18(17)25)22-14-16-7-9-21-19(13-16)24-10-3-4-11-24/h1-2,5-7,9,13,15H,3-4,8,10-12,14H2,(H,22,26). The molecular formula is C20H23N5O. The van der Waals surface area contributed by atoms with Crippen molar-refractivity contribution in [2.75, 3.05) is 18.0 Å². The number of benzene rings is 1. The summed E-state index contributed by atoms with van der Waals surface area (Å²) in [6.07, 6.45) is 6.51. The SMILES string of the molecule is O=C(CCn1cnc2ccccc21)NCc1ccnc(N2CCCC2)c1. The van der Waals surface area contributed by atoms with Crippen LogP contribution in [0.3, 0.4) is 0 Å². The molecule has 0 spiro atoms. The van der Waals surface area contributed by atoms with Crippen LogP contribution < -0.4 is 10.2 Å². The molecule has 6 heteroatoms. The van der Waals surface area contributed by atoms with Gasteiger partial charge in [-0.1, -0.05) is 12.1 Å². The molecule has 3 aromatic rings. The molecule has 1 saturated heterocycles. The highest BCUT2D eigenvalue weighted by Gasteiger charge is 2.13. The molecule has 0 aliphatic carbocycles. The van der Waals surface area contributed by atoms with Crippen molar-refractivity contribution in [3.8, 4) is 0 Å². The minimum absolute atomic E-state index is 0.0438. The van der Waals surface area contributed by atoms with Crippen LogP contribution in [0.4, 0.5) is 5.82 Å². The molecule has 1 amide bonds. The molecule has 0 bridgehead atoms. The van der Waals surface area contributed by atoms with E-state index < -0.39 is 0 Å². The number of hydrogen-bond donors (Lipinski definition) is 1. The Morgan fingerprint density at radius 1 is 1.12 bits per heavy atom. The van der Waals surface area contributed by atoms with Gasteiger partial charge in [0.2, 0.25) is 5.91 Å². The molecule has 26 heavy (non-hydrogen) atoms. The van der Waals surface area contributed by atoms with Crippen LogP contribution in [0, 0.1) is 0 Å². The van der Waals surface area contributed by atoms with Crippen molar-refractivity contribution in [2.45, 2.75) is 32.4 Å². The van der Waals surface area contributed by atoms with Crippen molar-refractivity contribution in [3.05, 3.63) is 54.5 Å². The first-order valence-electron chi connectivity index (χ1n) is 9.16. The molecule has 1 aromatic carbocycles. The molecule has 1 aliphatic rings. The fourth-order valence-corrected chi connectivity index (χ4v) is 3.39. The average molecular weight is 349 g/mol. The minimum atomic E-state index is 0.0438. The summed E-state index contributed by atoms with van der Waals surface area (Å²) in [6.45, 7) is 3.30. The van der Waals surface area contributed by atoms with Crippen LogP contribution in [-0.4, -0.2) is 33.5 Å². The molecule has 1 aliphatic heterocycles. The number of nitrogens with one attached hydrogen (secondary N) is 1. The molecule has 4 rings (SSSR count). The van der Waals surface area contributed by atoms with Crippen molar-refractivity contribution in [1.82, 2.24) is 19.9 Å². The van der Waals surface area contributed by atoms with Crippen LogP contribution in [0.2, 0.25) is 0 Å². The number of carbonyl (C=O) groups is 1. The molecule has 0 unspecified atom stereocenters. The van der Waals surface area contributed by atoms with E-state index in [-0.39, 0.29) is 5.91 Å². The van der Waals surface area contributed by atoms with E-state index in [1.54, 1.807) is 6.33 Å². The van der Waals surface area contributed by atoms with E-state index in [1.165, 1.54) is 12.8 Å². The normalized spacial score (nSPS) is 14.1. The van der Waals surface area contributed by atoms with Gasteiger partial charge in [-0.25, -0.2) is 9.97 Å². The fourth-order valence-electron chi connectivity index (χ4n) is 3.39. The lowest BCUT2D eigenvalue weighted by molar-refractivity contribution is -0.121. The third-order valence-electron chi connectivity index (χ3n) is 4.84. The van der Waals surface area contributed by atoms with Gasteiger partial charge < -0.3 is 14.8 Å². The van der Waals surface area contributed by atoms with E-state index in [9.17, 15) is 4.79 Å². The summed E-state index contributed by atoms with van der Waals surface area (Å²) in [5.74, 6) is 1.06. The lowest BCUT2D eigenvalue weighted by Crippen LogP contribution is -2.24. The number of aryl methyl sites for hydroxylation is 1. The van der Waals surface area contributed by atoms with Gasteiger partial charge in [-0.3, -0.25) is 4.79 Å². The van der Waals surface area contributed by atoms with Crippen molar-refractivity contribution >= 4 is 22.8 Å². The molecule has 0 atom stereocenters. The highest BCUT2D eigenvalue weighted by atomic mass is 16.1. The van der Waals surface area contributed by atoms with Crippen molar-refractivity contribution < 1.29 is 4.79 Å². The molecule has 134 valence electrons. The first kappa shape index (κ1) is 16.6. The second-order valence-electron chi connectivity index (χ2n) is 6.67. The van der Waals surface area contributed by atoms with Crippen LogP contribution in [0.1, 0.15) is 24.8 Å². The Balaban J connectivity index is 1.30. The Labute approximate surface area is 152 Å². The fraction of sp³-hybridized carbons (Fsp3) is 0.350. The van der Waals surface area contributed by atoms with Gasteiger partial charge in [0.05, 0.1) is 17.4 Å². The zero-order chi connectivity index (χ0) is 17.8. The van der Waals surface area contributed by atoms with Crippen molar-refractivity contribution in [3.63, 3.8) is 0 Å². The summed E-state index contributed by atoms with van der Waals surface area (Å²) in [7, 11) is 0.